The van der Waals surface area contributed by atoms with E-state index < -0.39 is 4.92 Å². The van der Waals surface area contributed by atoms with Gasteiger partial charge in [-0.3, -0.25) is 24.9 Å². The molecule has 1 fully saturated rings. The second-order valence-electron chi connectivity index (χ2n) is 6.74. The highest BCUT2D eigenvalue weighted by molar-refractivity contribution is 5.88. The van der Waals surface area contributed by atoms with Gasteiger partial charge in [0.2, 0.25) is 11.9 Å². The normalized spacial score (nSPS) is 14.5. The van der Waals surface area contributed by atoms with Crippen molar-refractivity contribution in [1.82, 2.24) is 29.9 Å². The van der Waals surface area contributed by atoms with Crippen LogP contribution in [0, 0.1) is 24.0 Å². The molecule has 2 aromatic rings. The topological polar surface area (TPSA) is 133 Å². The molecule has 154 valence electrons. The lowest BCUT2D eigenvalue weighted by atomic mass is 9.98. The van der Waals surface area contributed by atoms with Crippen LogP contribution in [0.15, 0.2) is 0 Å². The number of nitrogens with one attached hydrogen (secondary N) is 2. The lowest BCUT2D eigenvalue weighted by molar-refractivity contribution is -0.386. The van der Waals surface area contributed by atoms with Crippen LogP contribution < -0.4 is 10.6 Å². The number of aromatic nitrogens is 5. The second-order valence-corrected chi connectivity index (χ2v) is 6.74. The molecule has 0 aromatic carbocycles. The van der Waals surface area contributed by atoms with Crippen LogP contribution in [-0.2, 0) is 18.4 Å². The van der Waals surface area contributed by atoms with Gasteiger partial charge in [-0.05, 0) is 39.8 Å². The molecule has 3 rings (SSSR count). The number of rotatable bonds is 6. The van der Waals surface area contributed by atoms with Crippen LogP contribution in [0.3, 0.4) is 0 Å². The summed E-state index contributed by atoms with van der Waals surface area (Å²) >= 11 is 0. The number of aryl methyl sites for hydroxylation is 3. The molecule has 1 aliphatic heterocycles. The molecule has 1 saturated heterocycles. The van der Waals surface area contributed by atoms with Crippen LogP contribution in [0.4, 0.5) is 11.6 Å². The molecule has 2 N–H and O–H groups in total. The summed E-state index contributed by atoms with van der Waals surface area (Å²) in [6, 6.07) is 0. The summed E-state index contributed by atoms with van der Waals surface area (Å²) in [6.45, 7) is 5.36. The summed E-state index contributed by atoms with van der Waals surface area (Å²) in [7, 11) is 1.75. The van der Waals surface area contributed by atoms with E-state index in [1.54, 1.807) is 25.6 Å². The number of halogens is 1. The fourth-order valence-corrected chi connectivity index (χ4v) is 3.33. The molecule has 2 aromatic heterocycles. The number of nitro groups is 1. The first-order valence-corrected chi connectivity index (χ1v) is 8.96. The molecule has 1 amide bonds. The predicted octanol–water partition coefficient (Wildman–Crippen LogP) is 1.45. The van der Waals surface area contributed by atoms with Crippen molar-refractivity contribution in [3.8, 4) is 0 Å². The van der Waals surface area contributed by atoms with Crippen molar-refractivity contribution in [3.05, 3.63) is 27.3 Å². The molecule has 0 spiro atoms. The Kier molecular flexibility index (Phi) is 7.08. The van der Waals surface area contributed by atoms with Gasteiger partial charge in [-0.15, -0.1) is 12.4 Å². The lowest BCUT2D eigenvalue weighted by Crippen LogP contribution is -2.27. The number of hydrogen-bond acceptors (Lipinski definition) is 7. The largest absolute Gasteiger partial charge is 0.317 e. The monoisotopic (exact) mass is 412 g/mol. The summed E-state index contributed by atoms with van der Waals surface area (Å²) in [5, 5.41) is 25.7. The fraction of sp³-hybridized carbons (Fsp3) is 0.625. The number of hydrogen-bond donors (Lipinski definition) is 2. The zero-order chi connectivity index (χ0) is 19.6. The highest BCUT2D eigenvalue weighted by atomic mass is 35.5. The molecular formula is C16H25ClN8O3. The zero-order valence-corrected chi connectivity index (χ0v) is 17.0. The molecule has 0 saturated carbocycles. The maximum Gasteiger partial charge on any atom is 0.312 e. The maximum absolute atomic E-state index is 12.3. The van der Waals surface area contributed by atoms with Gasteiger partial charge in [0.15, 0.2) is 5.82 Å². The lowest BCUT2D eigenvalue weighted by Gasteiger charge is -2.19. The van der Waals surface area contributed by atoms with E-state index in [9.17, 15) is 14.9 Å². The number of carbonyl (C=O) groups is 1. The molecule has 3 heterocycles. The third kappa shape index (κ3) is 4.65. The highest BCUT2D eigenvalue weighted by Crippen LogP contribution is 2.24. The highest BCUT2D eigenvalue weighted by Gasteiger charge is 2.23. The summed E-state index contributed by atoms with van der Waals surface area (Å²) in [6.07, 6.45) is 2.09. The van der Waals surface area contributed by atoms with Crippen molar-refractivity contribution in [3.63, 3.8) is 0 Å². The van der Waals surface area contributed by atoms with Gasteiger partial charge in [-0.2, -0.15) is 15.2 Å². The van der Waals surface area contributed by atoms with Crippen LogP contribution in [0.1, 0.15) is 42.4 Å². The summed E-state index contributed by atoms with van der Waals surface area (Å²) in [5.74, 6) is 1.23. The van der Waals surface area contributed by atoms with Gasteiger partial charge < -0.3 is 5.32 Å². The molecule has 0 radical (unpaired) electrons. The van der Waals surface area contributed by atoms with Crippen LogP contribution >= 0.6 is 12.4 Å². The number of anilines is 1. The molecule has 11 nitrogen and oxygen atoms in total. The minimum absolute atomic E-state index is 0. The molecule has 1 aliphatic rings. The Balaban J connectivity index is 0.00000280. The smallest absolute Gasteiger partial charge is 0.312 e. The SMILES string of the molecule is Cc1nn(CCC(=O)Nc2nc(C3CCNCC3)nn2C)c(C)c1[N+](=O)[O-].Cl. The van der Waals surface area contributed by atoms with E-state index >= 15 is 0 Å². The van der Waals surface area contributed by atoms with Gasteiger partial charge in [0.1, 0.15) is 11.4 Å². The van der Waals surface area contributed by atoms with Crippen molar-refractivity contribution in [2.75, 3.05) is 18.4 Å². The van der Waals surface area contributed by atoms with Crippen molar-refractivity contribution in [2.24, 2.45) is 7.05 Å². The third-order valence-electron chi connectivity index (χ3n) is 4.81. The second kappa shape index (κ2) is 9.11. The van der Waals surface area contributed by atoms with E-state index in [0.717, 1.165) is 31.8 Å². The van der Waals surface area contributed by atoms with Crippen molar-refractivity contribution in [1.29, 1.82) is 0 Å². The van der Waals surface area contributed by atoms with Crippen LogP contribution in [0.2, 0.25) is 0 Å². The van der Waals surface area contributed by atoms with Gasteiger partial charge in [0.05, 0.1) is 11.5 Å². The van der Waals surface area contributed by atoms with Gasteiger partial charge in [0, 0.05) is 19.4 Å². The zero-order valence-electron chi connectivity index (χ0n) is 16.1. The Labute approximate surface area is 168 Å². The van der Waals surface area contributed by atoms with Crippen molar-refractivity contribution >= 4 is 29.9 Å². The summed E-state index contributed by atoms with van der Waals surface area (Å²) < 4.78 is 3.06. The Morgan fingerprint density at radius 2 is 2.00 bits per heavy atom. The minimum Gasteiger partial charge on any atom is -0.317 e. The number of carbonyl (C=O) groups excluding carboxylic acids is 1. The summed E-state index contributed by atoms with van der Waals surface area (Å²) in [4.78, 5) is 27.4. The first kappa shape index (κ1) is 21.8. The molecule has 12 heteroatoms. The van der Waals surface area contributed by atoms with E-state index in [-0.39, 0.29) is 37.0 Å². The van der Waals surface area contributed by atoms with Crippen LogP contribution in [0.25, 0.3) is 0 Å². The average molecular weight is 413 g/mol. The first-order valence-electron chi connectivity index (χ1n) is 8.96. The molecular weight excluding hydrogens is 388 g/mol. The van der Waals surface area contributed by atoms with Crippen LogP contribution in [0.5, 0.6) is 0 Å². The van der Waals surface area contributed by atoms with E-state index in [4.69, 9.17) is 0 Å². The standard InChI is InChI=1S/C16H24N8O3.ClH/c1-10-14(24(26)27)11(2)23(20-10)9-6-13(25)18-16-19-15(21-22(16)3)12-4-7-17-8-5-12;/h12,17H,4-9H2,1-3H3,(H,18,19,21,25);1H. The number of nitrogens with zero attached hydrogens (tertiary/aromatic N) is 6. The van der Waals surface area contributed by atoms with Crippen molar-refractivity contribution in [2.45, 2.75) is 45.6 Å². The van der Waals surface area contributed by atoms with Gasteiger partial charge in [0.25, 0.3) is 0 Å². The Morgan fingerprint density at radius 1 is 1.32 bits per heavy atom. The van der Waals surface area contributed by atoms with Gasteiger partial charge >= 0.3 is 5.69 Å². The van der Waals surface area contributed by atoms with E-state index in [1.165, 1.54) is 4.68 Å². The van der Waals surface area contributed by atoms with Crippen LogP contribution in [-0.4, -0.2) is 48.5 Å². The maximum atomic E-state index is 12.3. The predicted molar refractivity (Wildman–Crippen MR) is 105 cm³/mol. The Morgan fingerprint density at radius 3 is 2.61 bits per heavy atom. The summed E-state index contributed by atoms with van der Waals surface area (Å²) in [5.41, 5.74) is 0.783. The Hall–Kier alpha value is -2.53. The fourth-order valence-electron chi connectivity index (χ4n) is 3.33. The molecule has 28 heavy (non-hydrogen) atoms. The minimum atomic E-state index is -0.448. The van der Waals surface area contributed by atoms with Gasteiger partial charge in [-0.25, -0.2) is 4.68 Å². The average Bonchev–Trinajstić information content (AvgIpc) is 3.13. The first-order chi connectivity index (χ1) is 12.9. The Bertz CT molecular complexity index is 856. The van der Waals surface area contributed by atoms with Crippen molar-refractivity contribution < 1.29 is 9.72 Å². The molecule has 0 unspecified atom stereocenters. The number of piperidine rings is 1. The van der Waals surface area contributed by atoms with E-state index in [1.807, 2.05) is 0 Å². The van der Waals surface area contributed by atoms with E-state index in [2.05, 4.69) is 25.8 Å². The molecule has 0 atom stereocenters. The molecule has 0 bridgehead atoms. The van der Waals surface area contributed by atoms with E-state index in [0.29, 0.717) is 23.3 Å². The molecule has 0 aliphatic carbocycles. The number of amides is 1. The third-order valence-corrected chi connectivity index (χ3v) is 4.81. The quantitative estimate of drug-likeness (QED) is 0.541. The van der Waals surface area contributed by atoms with Gasteiger partial charge in [-0.1, -0.05) is 0 Å².